The van der Waals surface area contributed by atoms with Crippen molar-refractivity contribution in [1.29, 1.82) is 0 Å². The second-order valence-electron chi connectivity index (χ2n) is 4.84. The van der Waals surface area contributed by atoms with Crippen LogP contribution >= 0.6 is 11.3 Å². The van der Waals surface area contributed by atoms with Gasteiger partial charge in [0.2, 0.25) is 5.95 Å². The van der Waals surface area contributed by atoms with Gasteiger partial charge in [-0.25, -0.2) is 9.97 Å². The molecular formula is C13H18N4S. The minimum atomic E-state index is 0.593. The van der Waals surface area contributed by atoms with E-state index in [9.17, 15) is 0 Å². The van der Waals surface area contributed by atoms with Crippen molar-refractivity contribution < 1.29 is 0 Å². The number of anilines is 1. The van der Waals surface area contributed by atoms with E-state index < -0.39 is 0 Å². The number of hydrogen-bond acceptors (Lipinski definition) is 4. The lowest BCUT2D eigenvalue weighted by Crippen LogP contribution is -2.24. The number of imidazole rings is 1. The average Bonchev–Trinajstić information content (AvgIpc) is 3.04. The monoisotopic (exact) mass is 262 g/mol. The van der Waals surface area contributed by atoms with Crippen molar-refractivity contribution in [2.75, 3.05) is 5.32 Å². The highest BCUT2D eigenvalue weighted by Crippen LogP contribution is 2.21. The first-order valence-corrected chi connectivity index (χ1v) is 7.51. The molecule has 3 rings (SSSR count). The molecule has 0 bridgehead atoms. The van der Waals surface area contributed by atoms with Gasteiger partial charge in [-0.2, -0.15) is 0 Å². The summed E-state index contributed by atoms with van der Waals surface area (Å²) in [4.78, 5) is 8.74. The molecule has 2 heterocycles. The molecule has 0 unspecified atom stereocenters. The third kappa shape index (κ3) is 2.72. The van der Waals surface area contributed by atoms with E-state index >= 15 is 0 Å². The zero-order valence-corrected chi connectivity index (χ0v) is 11.2. The molecule has 0 amide bonds. The van der Waals surface area contributed by atoms with Crippen LogP contribution in [0.2, 0.25) is 0 Å². The molecular weight excluding hydrogens is 244 g/mol. The zero-order chi connectivity index (χ0) is 12.2. The Morgan fingerprint density at radius 3 is 2.94 bits per heavy atom. The van der Waals surface area contributed by atoms with Crippen molar-refractivity contribution in [3.8, 4) is 0 Å². The van der Waals surface area contributed by atoms with Crippen molar-refractivity contribution in [2.45, 2.75) is 44.7 Å². The maximum absolute atomic E-state index is 4.42. The number of hydrogen-bond donors (Lipinski definition) is 1. The molecule has 2 aromatic heterocycles. The topological polar surface area (TPSA) is 42.7 Å². The number of nitrogens with zero attached hydrogens (tertiary/aromatic N) is 3. The lowest BCUT2D eigenvalue weighted by Gasteiger charge is -2.23. The molecule has 1 aliphatic rings. The van der Waals surface area contributed by atoms with Crippen molar-refractivity contribution in [2.24, 2.45) is 0 Å². The minimum Gasteiger partial charge on any atom is -0.353 e. The van der Waals surface area contributed by atoms with Crippen LogP contribution in [0.1, 0.15) is 37.8 Å². The highest BCUT2D eigenvalue weighted by Gasteiger charge is 2.15. The second-order valence-corrected chi connectivity index (χ2v) is 5.56. The van der Waals surface area contributed by atoms with Gasteiger partial charge in [-0.05, 0) is 12.8 Å². The molecule has 1 fully saturated rings. The predicted octanol–water partition coefficient (Wildman–Crippen LogP) is 3.13. The van der Waals surface area contributed by atoms with Crippen LogP contribution in [-0.2, 0) is 6.54 Å². The molecule has 0 spiro atoms. The Bertz CT molecular complexity index is 471. The summed E-state index contributed by atoms with van der Waals surface area (Å²) in [6.45, 7) is 0.804. The van der Waals surface area contributed by atoms with Gasteiger partial charge in [0.25, 0.3) is 0 Å². The summed E-state index contributed by atoms with van der Waals surface area (Å²) in [5, 5.41) is 5.66. The Kier molecular flexibility index (Phi) is 3.59. The van der Waals surface area contributed by atoms with Crippen LogP contribution in [0, 0.1) is 0 Å². The molecule has 96 valence electrons. The lowest BCUT2D eigenvalue weighted by atomic mass is 9.96. The summed E-state index contributed by atoms with van der Waals surface area (Å²) < 4.78 is 2.14. The Hall–Kier alpha value is -1.36. The van der Waals surface area contributed by atoms with E-state index in [0.717, 1.165) is 18.2 Å². The summed E-state index contributed by atoms with van der Waals surface area (Å²) in [6, 6.07) is 0.593. The smallest absolute Gasteiger partial charge is 0.203 e. The fraction of sp³-hybridized carbons (Fsp3) is 0.538. The Morgan fingerprint density at radius 2 is 2.17 bits per heavy atom. The molecule has 0 aromatic carbocycles. The van der Waals surface area contributed by atoms with Gasteiger partial charge in [-0.15, -0.1) is 11.3 Å². The van der Waals surface area contributed by atoms with Gasteiger partial charge in [0.05, 0.1) is 17.7 Å². The Balaban J connectivity index is 1.67. The fourth-order valence-electron chi connectivity index (χ4n) is 2.50. The maximum Gasteiger partial charge on any atom is 0.203 e. The first-order chi connectivity index (χ1) is 8.92. The largest absolute Gasteiger partial charge is 0.353 e. The second kappa shape index (κ2) is 5.52. The van der Waals surface area contributed by atoms with Gasteiger partial charge < -0.3 is 9.88 Å². The molecule has 0 atom stereocenters. The summed E-state index contributed by atoms with van der Waals surface area (Å²) in [7, 11) is 0. The normalized spacial score (nSPS) is 16.9. The lowest BCUT2D eigenvalue weighted by molar-refractivity contribution is 0.459. The quantitative estimate of drug-likeness (QED) is 0.920. The fourth-order valence-corrected chi connectivity index (χ4v) is 3.05. The third-order valence-corrected chi connectivity index (χ3v) is 4.10. The van der Waals surface area contributed by atoms with E-state index in [0.29, 0.717) is 6.04 Å². The molecule has 2 aromatic rings. The SMILES string of the molecule is c1cn(Cc2cscn2)c(NC2CCCCC2)n1. The van der Waals surface area contributed by atoms with E-state index in [1.165, 1.54) is 32.1 Å². The van der Waals surface area contributed by atoms with Crippen molar-refractivity contribution in [3.63, 3.8) is 0 Å². The first kappa shape index (κ1) is 11.7. The van der Waals surface area contributed by atoms with Crippen LogP contribution in [0.4, 0.5) is 5.95 Å². The van der Waals surface area contributed by atoms with Crippen LogP contribution < -0.4 is 5.32 Å². The molecule has 1 N–H and O–H groups in total. The number of nitrogens with one attached hydrogen (secondary N) is 1. The van der Waals surface area contributed by atoms with Gasteiger partial charge in [-0.3, -0.25) is 0 Å². The number of thiazole rings is 1. The van der Waals surface area contributed by atoms with Crippen molar-refractivity contribution in [1.82, 2.24) is 14.5 Å². The summed E-state index contributed by atoms with van der Waals surface area (Å²) in [5.41, 5.74) is 2.98. The summed E-state index contributed by atoms with van der Waals surface area (Å²) in [6.07, 6.45) is 10.5. The van der Waals surface area contributed by atoms with Crippen molar-refractivity contribution in [3.05, 3.63) is 29.0 Å². The molecule has 1 aliphatic carbocycles. The Morgan fingerprint density at radius 1 is 1.28 bits per heavy atom. The third-order valence-electron chi connectivity index (χ3n) is 3.47. The van der Waals surface area contributed by atoms with Gasteiger partial charge in [0.1, 0.15) is 0 Å². The summed E-state index contributed by atoms with van der Waals surface area (Å²) in [5.74, 6) is 0.981. The first-order valence-electron chi connectivity index (χ1n) is 6.56. The minimum absolute atomic E-state index is 0.593. The van der Waals surface area contributed by atoms with Crippen LogP contribution in [0.3, 0.4) is 0 Å². The average molecular weight is 262 g/mol. The standard InChI is InChI=1S/C13H18N4S/c1-2-4-11(5-3-1)16-13-14-6-7-17(13)8-12-9-18-10-15-12/h6-7,9-11H,1-5,8H2,(H,14,16). The molecule has 1 saturated carbocycles. The molecule has 0 aliphatic heterocycles. The van der Waals surface area contributed by atoms with Gasteiger partial charge in [0, 0.05) is 23.8 Å². The highest BCUT2D eigenvalue weighted by atomic mass is 32.1. The number of aromatic nitrogens is 3. The molecule has 5 heteroatoms. The van der Waals surface area contributed by atoms with E-state index in [2.05, 4.69) is 25.2 Å². The zero-order valence-electron chi connectivity index (χ0n) is 10.4. The Labute approximate surface area is 111 Å². The van der Waals surface area contributed by atoms with E-state index in [4.69, 9.17) is 0 Å². The van der Waals surface area contributed by atoms with Crippen LogP contribution in [0.15, 0.2) is 23.3 Å². The van der Waals surface area contributed by atoms with Gasteiger partial charge in [-0.1, -0.05) is 19.3 Å². The molecule has 0 radical (unpaired) electrons. The van der Waals surface area contributed by atoms with Crippen LogP contribution in [0.5, 0.6) is 0 Å². The van der Waals surface area contributed by atoms with Crippen LogP contribution in [-0.4, -0.2) is 20.6 Å². The molecule has 0 saturated heterocycles. The van der Waals surface area contributed by atoms with Crippen molar-refractivity contribution >= 4 is 17.3 Å². The number of rotatable bonds is 4. The van der Waals surface area contributed by atoms with E-state index in [-0.39, 0.29) is 0 Å². The highest BCUT2D eigenvalue weighted by molar-refractivity contribution is 7.07. The summed E-state index contributed by atoms with van der Waals surface area (Å²) >= 11 is 1.64. The molecule has 18 heavy (non-hydrogen) atoms. The predicted molar refractivity (Wildman–Crippen MR) is 73.9 cm³/mol. The van der Waals surface area contributed by atoms with Crippen LogP contribution in [0.25, 0.3) is 0 Å². The maximum atomic E-state index is 4.42. The van der Waals surface area contributed by atoms with E-state index in [1.54, 1.807) is 11.3 Å². The molecule has 4 nitrogen and oxygen atoms in total. The van der Waals surface area contributed by atoms with Gasteiger partial charge in [0.15, 0.2) is 0 Å². The van der Waals surface area contributed by atoms with Gasteiger partial charge >= 0.3 is 0 Å². The van der Waals surface area contributed by atoms with E-state index in [1.807, 2.05) is 17.9 Å².